The molecule has 0 aliphatic heterocycles. The molecule has 0 saturated carbocycles. The van der Waals surface area contributed by atoms with Crippen LogP contribution in [0.5, 0.6) is 0 Å². The van der Waals surface area contributed by atoms with E-state index < -0.39 is 17.6 Å². The van der Waals surface area contributed by atoms with Gasteiger partial charge in [0, 0.05) is 26.3 Å². The lowest BCUT2D eigenvalue weighted by Gasteiger charge is -2.14. The summed E-state index contributed by atoms with van der Waals surface area (Å²) in [4.78, 5) is 4.16. The van der Waals surface area contributed by atoms with E-state index in [9.17, 15) is 17.6 Å². The van der Waals surface area contributed by atoms with E-state index in [-0.39, 0.29) is 12.1 Å². The molecule has 142 valence electrons. The molecule has 8 heteroatoms. The van der Waals surface area contributed by atoms with Gasteiger partial charge in [0.05, 0.1) is 12.1 Å². The molecule has 0 unspecified atom stereocenters. The Bertz CT molecular complexity index is 547. The maximum Gasteiger partial charge on any atom is 0.416 e. The number of guanidine groups is 1. The van der Waals surface area contributed by atoms with Gasteiger partial charge >= 0.3 is 6.18 Å². The Morgan fingerprint density at radius 2 is 1.92 bits per heavy atom. The Morgan fingerprint density at radius 1 is 1.16 bits per heavy atom. The van der Waals surface area contributed by atoms with E-state index in [2.05, 4.69) is 15.6 Å². The smallest absolute Gasteiger partial charge is 0.382 e. The average Bonchev–Trinajstić information content (AvgIpc) is 2.55. The van der Waals surface area contributed by atoms with E-state index in [1.165, 1.54) is 0 Å². The van der Waals surface area contributed by atoms with Crippen LogP contribution in [-0.2, 0) is 17.5 Å². The first-order valence-corrected chi connectivity index (χ1v) is 8.34. The quantitative estimate of drug-likeness (QED) is 0.304. The van der Waals surface area contributed by atoms with Crippen LogP contribution < -0.4 is 10.6 Å². The normalized spacial score (nSPS) is 12.3. The molecule has 0 amide bonds. The second-order valence-electron chi connectivity index (χ2n) is 5.33. The summed E-state index contributed by atoms with van der Waals surface area (Å²) in [6.07, 6.45) is -2.87. The third-order valence-corrected chi connectivity index (χ3v) is 3.34. The summed E-state index contributed by atoms with van der Waals surface area (Å²) in [5.74, 6) is -0.490. The van der Waals surface area contributed by atoms with Crippen molar-refractivity contribution in [2.24, 2.45) is 4.99 Å². The fourth-order valence-electron chi connectivity index (χ4n) is 2.14. The summed E-state index contributed by atoms with van der Waals surface area (Å²) in [6.45, 7) is 6.18. The van der Waals surface area contributed by atoms with E-state index in [0.29, 0.717) is 38.3 Å². The zero-order chi connectivity index (χ0) is 18.7. The van der Waals surface area contributed by atoms with Gasteiger partial charge < -0.3 is 15.4 Å². The number of rotatable bonds is 9. The summed E-state index contributed by atoms with van der Waals surface area (Å²) in [7, 11) is 0. The average molecular weight is 363 g/mol. The number of benzene rings is 1. The van der Waals surface area contributed by atoms with Crippen LogP contribution in [0, 0.1) is 5.82 Å². The highest BCUT2D eigenvalue weighted by Crippen LogP contribution is 2.32. The second kappa shape index (κ2) is 10.9. The van der Waals surface area contributed by atoms with E-state index in [1.54, 1.807) is 0 Å². The minimum Gasteiger partial charge on any atom is -0.382 e. The Morgan fingerprint density at radius 3 is 2.56 bits per heavy atom. The molecule has 0 fully saturated rings. The van der Waals surface area contributed by atoms with Crippen molar-refractivity contribution in [2.45, 2.75) is 39.4 Å². The number of nitrogens with one attached hydrogen (secondary N) is 2. The summed E-state index contributed by atoms with van der Waals surface area (Å²) >= 11 is 0. The van der Waals surface area contributed by atoms with Crippen LogP contribution in [0.25, 0.3) is 0 Å². The van der Waals surface area contributed by atoms with E-state index >= 15 is 0 Å². The van der Waals surface area contributed by atoms with Gasteiger partial charge in [-0.3, -0.25) is 0 Å². The Balaban J connectivity index is 2.68. The predicted octanol–water partition coefficient (Wildman–Crippen LogP) is 3.72. The van der Waals surface area contributed by atoms with Gasteiger partial charge in [-0.15, -0.1) is 0 Å². The highest BCUT2D eigenvalue weighted by Gasteiger charge is 2.33. The fraction of sp³-hybridized carbons (Fsp3) is 0.588. The van der Waals surface area contributed by atoms with Crippen LogP contribution in [0.4, 0.5) is 17.6 Å². The van der Waals surface area contributed by atoms with Gasteiger partial charge in [-0.05, 0) is 44.4 Å². The van der Waals surface area contributed by atoms with Crippen molar-refractivity contribution in [3.63, 3.8) is 0 Å². The van der Waals surface area contributed by atoms with Crippen LogP contribution in [0.2, 0.25) is 0 Å². The number of ether oxygens (including phenoxy) is 1. The second-order valence-corrected chi connectivity index (χ2v) is 5.33. The highest BCUT2D eigenvalue weighted by atomic mass is 19.4. The molecule has 0 saturated heterocycles. The van der Waals surface area contributed by atoms with Gasteiger partial charge in [0.25, 0.3) is 0 Å². The molecule has 0 radical (unpaired) electrons. The summed E-state index contributed by atoms with van der Waals surface area (Å²) in [6, 6.07) is 2.63. The van der Waals surface area contributed by atoms with Gasteiger partial charge in [-0.1, -0.05) is 6.07 Å². The maximum atomic E-state index is 13.1. The van der Waals surface area contributed by atoms with Crippen molar-refractivity contribution in [1.82, 2.24) is 10.6 Å². The SMILES string of the molecule is CCNC(=NCc1ccc(F)cc1C(F)(F)F)NCCCCOCC. The standard InChI is InChI=1S/C17H25F4N3O/c1-3-22-16(23-9-5-6-10-25-4-2)24-12-13-7-8-14(18)11-15(13)17(19,20)21/h7-8,11H,3-6,9-10,12H2,1-2H3,(H2,22,23,24). The topological polar surface area (TPSA) is 45.7 Å². The van der Waals surface area contributed by atoms with Crippen molar-refractivity contribution in [1.29, 1.82) is 0 Å². The van der Waals surface area contributed by atoms with Crippen molar-refractivity contribution in [3.05, 3.63) is 35.1 Å². The van der Waals surface area contributed by atoms with Crippen molar-refractivity contribution in [3.8, 4) is 0 Å². The van der Waals surface area contributed by atoms with Gasteiger partial charge in [0.1, 0.15) is 5.82 Å². The summed E-state index contributed by atoms with van der Waals surface area (Å²) in [5.41, 5.74) is -1.06. The first-order valence-electron chi connectivity index (χ1n) is 8.34. The lowest BCUT2D eigenvalue weighted by molar-refractivity contribution is -0.138. The molecule has 0 atom stereocenters. The first kappa shape index (κ1) is 21.2. The number of hydrogen-bond donors (Lipinski definition) is 2. The number of halogens is 4. The van der Waals surface area contributed by atoms with Crippen LogP contribution in [-0.4, -0.2) is 32.3 Å². The molecule has 1 aromatic carbocycles. The molecule has 4 nitrogen and oxygen atoms in total. The lowest BCUT2D eigenvalue weighted by atomic mass is 10.1. The monoisotopic (exact) mass is 363 g/mol. The summed E-state index contributed by atoms with van der Waals surface area (Å²) < 4.78 is 57.3. The molecule has 0 heterocycles. The molecule has 0 bridgehead atoms. The number of hydrogen-bond acceptors (Lipinski definition) is 2. The molecule has 1 rings (SSSR count). The number of nitrogens with zero attached hydrogens (tertiary/aromatic N) is 1. The number of alkyl halides is 3. The van der Waals surface area contributed by atoms with Crippen molar-refractivity contribution < 1.29 is 22.3 Å². The first-order chi connectivity index (χ1) is 11.9. The fourth-order valence-corrected chi connectivity index (χ4v) is 2.14. The zero-order valence-corrected chi connectivity index (χ0v) is 14.5. The molecule has 2 N–H and O–H groups in total. The highest BCUT2D eigenvalue weighted by molar-refractivity contribution is 5.79. The van der Waals surface area contributed by atoms with Crippen LogP contribution in [0.1, 0.15) is 37.8 Å². The van der Waals surface area contributed by atoms with Crippen LogP contribution >= 0.6 is 0 Å². The van der Waals surface area contributed by atoms with Crippen LogP contribution in [0.15, 0.2) is 23.2 Å². The van der Waals surface area contributed by atoms with E-state index in [0.717, 1.165) is 25.0 Å². The Hall–Kier alpha value is -1.83. The number of unbranched alkanes of at least 4 members (excludes halogenated alkanes) is 1. The van der Waals surface area contributed by atoms with Crippen molar-refractivity contribution >= 4 is 5.96 Å². The largest absolute Gasteiger partial charge is 0.416 e. The molecule has 0 spiro atoms. The van der Waals surface area contributed by atoms with Gasteiger partial charge in [-0.25, -0.2) is 9.38 Å². The predicted molar refractivity (Wildman–Crippen MR) is 89.9 cm³/mol. The van der Waals surface area contributed by atoms with Gasteiger partial charge in [0.2, 0.25) is 0 Å². The molecular formula is C17H25F4N3O. The number of aliphatic imine (C=N–C) groups is 1. The third kappa shape index (κ3) is 8.20. The maximum absolute atomic E-state index is 13.1. The molecule has 25 heavy (non-hydrogen) atoms. The van der Waals surface area contributed by atoms with E-state index in [4.69, 9.17) is 4.74 Å². The van der Waals surface area contributed by atoms with Crippen LogP contribution in [0.3, 0.4) is 0 Å². The zero-order valence-electron chi connectivity index (χ0n) is 14.5. The lowest BCUT2D eigenvalue weighted by Crippen LogP contribution is -2.37. The van der Waals surface area contributed by atoms with Gasteiger partial charge in [-0.2, -0.15) is 13.2 Å². The minimum atomic E-state index is -4.61. The van der Waals surface area contributed by atoms with E-state index in [1.807, 2.05) is 13.8 Å². The molecule has 0 aliphatic carbocycles. The van der Waals surface area contributed by atoms with Gasteiger partial charge in [0.15, 0.2) is 5.96 Å². The molecule has 0 aromatic heterocycles. The molecule has 1 aromatic rings. The Labute approximate surface area is 145 Å². The minimum absolute atomic E-state index is 0.0672. The van der Waals surface area contributed by atoms with Crippen molar-refractivity contribution in [2.75, 3.05) is 26.3 Å². The Kier molecular flexibility index (Phi) is 9.26. The summed E-state index contributed by atoms with van der Waals surface area (Å²) in [5, 5.41) is 6.04. The molecule has 0 aliphatic rings. The third-order valence-electron chi connectivity index (χ3n) is 3.34. The molecular weight excluding hydrogens is 338 g/mol.